The van der Waals surface area contributed by atoms with Crippen LogP contribution in [-0.4, -0.2) is 46.4 Å². The standard InChI is InChI=1S/C10H16N2O4/c1-6(11-7(2)13)9(14)12-5-3-4-8(12)10(15)16/h6,8H,3-5H2,1-2H3,(H,11,13)(H,15,16). The Morgan fingerprint density at radius 2 is 2.06 bits per heavy atom. The first kappa shape index (κ1) is 12.5. The zero-order valence-corrected chi connectivity index (χ0v) is 9.40. The number of carbonyl (C=O) groups excluding carboxylic acids is 2. The highest BCUT2D eigenvalue weighted by Gasteiger charge is 2.35. The van der Waals surface area contributed by atoms with Gasteiger partial charge in [0.25, 0.3) is 0 Å². The molecule has 1 aliphatic rings. The molecule has 1 rings (SSSR count). The van der Waals surface area contributed by atoms with Crippen LogP contribution in [0.4, 0.5) is 0 Å². The summed E-state index contributed by atoms with van der Waals surface area (Å²) < 4.78 is 0. The minimum atomic E-state index is -0.985. The molecule has 0 aliphatic carbocycles. The molecule has 1 heterocycles. The first-order valence-corrected chi connectivity index (χ1v) is 5.24. The maximum Gasteiger partial charge on any atom is 0.326 e. The highest BCUT2D eigenvalue weighted by Crippen LogP contribution is 2.18. The molecule has 1 saturated heterocycles. The lowest BCUT2D eigenvalue weighted by Crippen LogP contribution is -2.50. The molecule has 1 fully saturated rings. The number of hydrogen-bond donors (Lipinski definition) is 2. The minimum Gasteiger partial charge on any atom is -0.480 e. The molecule has 0 aromatic rings. The van der Waals surface area contributed by atoms with Crippen molar-refractivity contribution in [2.45, 2.75) is 38.8 Å². The SMILES string of the molecule is CC(=O)NC(C)C(=O)N1CCCC1C(=O)O. The summed E-state index contributed by atoms with van der Waals surface area (Å²) in [5, 5.41) is 11.4. The Hall–Kier alpha value is -1.59. The first-order valence-electron chi connectivity index (χ1n) is 5.24. The van der Waals surface area contributed by atoms with Crippen LogP contribution in [0, 0.1) is 0 Å². The topological polar surface area (TPSA) is 86.7 Å². The summed E-state index contributed by atoms with van der Waals surface area (Å²) in [6.45, 7) is 3.32. The van der Waals surface area contributed by atoms with Gasteiger partial charge in [0, 0.05) is 13.5 Å². The largest absolute Gasteiger partial charge is 0.480 e. The van der Waals surface area contributed by atoms with Gasteiger partial charge in [0.2, 0.25) is 11.8 Å². The van der Waals surface area contributed by atoms with Crippen molar-refractivity contribution in [2.24, 2.45) is 0 Å². The summed E-state index contributed by atoms with van der Waals surface area (Å²) in [5.74, 6) is -1.62. The molecular weight excluding hydrogens is 212 g/mol. The van der Waals surface area contributed by atoms with E-state index >= 15 is 0 Å². The molecule has 2 unspecified atom stereocenters. The van der Waals surface area contributed by atoms with Gasteiger partial charge < -0.3 is 15.3 Å². The van der Waals surface area contributed by atoms with Gasteiger partial charge in [0.1, 0.15) is 12.1 Å². The van der Waals surface area contributed by atoms with Crippen molar-refractivity contribution in [3.8, 4) is 0 Å². The second-order valence-corrected chi connectivity index (χ2v) is 3.95. The first-order chi connectivity index (χ1) is 7.43. The third-order valence-corrected chi connectivity index (χ3v) is 2.61. The van der Waals surface area contributed by atoms with Crippen molar-refractivity contribution >= 4 is 17.8 Å². The van der Waals surface area contributed by atoms with E-state index in [4.69, 9.17) is 5.11 Å². The van der Waals surface area contributed by atoms with E-state index in [0.29, 0.717) is 19.4 Å². The minimum absolute atomic E-state index is 0.299. The Balaban J connectivity index is 2.65. The van der Waals surface area contributed by atoms with Crippen LogP contribution in [0.5, 0.6) is 0 Å². The Bertz CT molecular complexity index is 316. The molecule has 2 N–H and O–H groups in total. The van der Waals surface area contributed by atoms with E-state index in [1.165, 1.54) is 11.8 Å². The quantitative estimate of drug-likeness (QED) is 0.687. The lowest BCUT2D eigenvalue weighted by Gasteiger charge is -2.24. The van der Waals surface area contributed by atoms with Crippen LogP contribution < -0.4 is 5.32 Å². The third-order valence-electron chi connectivity index (χ3n) is 2.61. The van der Waals surface area contributed by atoms with Gasteiger partial charge in [-0.2, -0.15) is 0 Å². The molecule has 0 bridgehead atoms. The summed E-state index contributed by atoms with van der Waals surface area (Å²) >= 11 is 0. The summed E-state index contributed by atoms with van der Waals surface area (Å²) in [7, 11) is 0. The Morgan fingerprint density at radius 1 is 1.44 bits per heavy atom. The van der Waals surface area contributed by atoms with E-state index in [2.05, 4.69) is 5.32 Å². The van der Waals surface area contributed by atoms with E-state index in [1.807, 2.05) is 0 Å². The zero-order valence-electron chi connectivity index (χ0n) is 9.40. The third kappa shape index (κ3) is 2.71. The van der Waals surface area contributed by atoms with Gasteiger partial charge in [-0.05, 0) is 19.8 Å². The van der Waals surface area contributed by atoms with E-state index < -0.39 is 18.1 Å². The molecule has 2 amide bonds. The number of nitrogens with one attached hydrogen (secondary N) is 1. The maximum absolute atomic E-state index is 11.8. The van der Waals surface area contributed by atoms with Crippen LogP contribution in [0.2, 0.25) is 0 Å². The number of hydrogen-bond acceptors (Lipinski definition) is 3. The number of carboxylic acids is 1. The van der Waals surface area contributed by atoms with Crippen molar-refractivity contribution in [3.05, 3.63) is 0 Å². The van der Waals surface area contributed by atoms with Gasteiger partial charge in [0.05, 0.1) is 0 Å². The van der Waals surface area contributed by atoms with Crippen LogP contribution >= 0.6 is 0 Å². The fraction of sp³-hybridized carbons (Fsp3) is 0.700. The molecule has 0 radical (unpaired) electrons. The maximum atomic E-state index is 11.8. The molecule has 6 heteroatoms. The second-order valence-electron chi connectivity index (χ2n) is 3.95. The van der Waals surface area contributed by atoms with Crippen LogP contribution in [0.25, 0.3) is 0 Å². The van der Waals surface area contributed by atoms with Crippen LogP contribution in [0.15, 0.2) is 0 Å². The highest BCUT2D eigenvalue weighted by atomic mass is 16.4. The van der Waals surface area contributed by atoms with E-state index in [-0.39, 0.29) is 11.8 Å². The average Bonchev–Trinajstić information content (AvgIpc) is 2.63. The van der Waals surface area contributed by atoms with Crippen LogP contribution in [0.3, 0.4) is 0 Å². The van der Waals surface area contributed by atoms with Gasteiger partial charge in [-0.15, -0.1) is 0 Å². The number of carboxylic acid groups (broad SMARTS) is 1. The van der Waals surface area contributed by atoms with E-state index in [1.54, 1.807) is 6.92 Å². The molecule has 16 heavy (non-hydrogen) atoms. The molecular formula is C10H16N2O4. The molecule has 2 atom stereocenters. The molecule has 0 saturated carbocycles. The Labute approximate surface area is 93.6 Å². The number of nitrogens with zero attached hydrogens (tertiary/aromatic N) is 1. The van der Waals surface area contributed by atoms with Crippen molar-refractivity contribution in [3.63, 3.8) is 0 Å². The highest BCUT2D eigenvalue weighted by molar-refractivity contribution is 5.90. The predicted octanol–water partition coefficient (Wildman–Crippen LogP) is -0.413. The zero-order chi connectivity index (χ0) is 12.3. The van der Waals surface area contributed by atoms with Crippen molar-refractivity contribution < 1.29 is 19.5 Å². The fourth-order valence-corrected chi connectivity index (χ4v) is 1.90. The van der Waals surface area contributed by atoms with Gasteiger partial charge >= 0.3 is 5.97 Å². The predicted molar refractivity (Wildman–Crippen MR) is 55.6 cm³/mol. The Morgan fingerprint density at radius 3 is 2.56 bits per heavy atom. The summed E-state index contributed by atoms with van der Waals surface area (Å²) in [6, 6.07) is -1.42. The van der Waals surface area contributed by atoms with Crippen molar-refractivity contribution in [1.82, 2.24) is 10.2 Å². The lowest BCUT2D eigenvalue weighted by molar-refractivity contribution is -0.149. The summed E-state index contributed by atoms with van der Waals surface area (Å²) in [6.07, 6.45) is 1.17. The van der Waals surface area contributed by atoms with E-state index in [9.17, 15) is 14.4 Å². The Kier molecular flexibility index (Phi) is 3.87. The van der Waals surface area contributed by atoms with Crippen LogP contribution in [0.1, 0.15) is 26.7 Å². The fourth-order valence-electron chi connectivity index (χ4n) is 1.90. The van der Waals surface area contributed by atoms with Gasteiger partial charge in [-0.1, -0.05) is 0 Å². The number of rotatable bonds is 3. The molecule has 0 aromatic carbocycles. The molecule has 6 nitrogen and oxygen atoms in total. The van der Waals surface area contributed by atoms with Crippen molar-refractivity contribution in [1.29, 1.82) is 0 Å². The number of likely N-dealkylation sites (tertiary alicyclic amines) is 1. The van der Waals surface area contributed by atoms with Gasteiger partial charge in [0.15, 0.2) is 0 Å². The summed E-state index contributed by atoms with van der Waals surface area (Å²) in [4.78, 5) is 34.8. The van der Waals surface area contributed by atoms with Crippen molar-refractivity contribution in [2.75, 3.05) is 6.54 Å². The number of amides is 2. The smallest absolute Gasteiger partial charge is 0.326 e. The average molecular weight is 228 g/mol. The summed E-state index contributed by atoms with van der Waals surface area (Å²) in [5.41, 5.74) is 0. The van der Waals surface area contributed by atoms with Gasteiger partial charge in [-0.3, -0.25) is 9.59 Å². The normalized spacial score (nSPS) is 21.6. The molecule has 90 valence electrons. The molecule has 1 aliphatic heterocycles. The molecule has 0 spiro atoms. The van der Waals surface area contributed by atoms with Crippen LogP contribution in [-0.2, 0) is 14.4 Å². The van der Waals surface area contributed by atoms with E-state index in [0.717, 1.165) is 0 Å². The molecule has 0 aromatic heterocycles. The number of aliphatic carboxylic acids is 1. The monoisotopic (exact) mass is 228 g/mol. The second kappa shape index (κ2) is 4.96. The van der Waals surface area contributed by atoms with Gasteiger partial charge in [-0.25, -0.2) is 4.79 Å². The number of carbonyl (C=O) groups is 3. The lowest BCUT2D eigenvalue weighted by atomic mass is 10.2.